The second-order valence-electron chi connectivity index (χ2n) is 7.80. The molecule has 3 heterocycles. The van der Waals surface area contributed by atoms with E-state index in [0.29, 0.717) is 35.7 Å². The minimum atomic E-state index is -0.103. The number of pyridine rings is 1. The van der Waals surface area contributed by atoms with Crippen molar-refractivity contribution < 1.29 is 9.42 Å². The van der Waals surface area contributed by atoms with Gasteiger partial charge >= 0.3 is 0 Å². The first kappa shape index (κ1) is 21.3. The number of carbonyl (C=O) groups excluding carboxylic acids is 1. The lowest BCUT2D eigenvalue weighted by Crippen LogP contribution is -2.25. The van der Waals surface area contributed by atoms with Crippen molar-refractivity contribution in [1.29, 1.82) is 0 Å². The molecule has 1 amide bonds. The Morgan fingerprint density at radius 1 is 1.06 bits per heavy atom. The quantitative estimate of drug-likeness (QED) is 0.385. The molecule has 0 fully saturated rings. The molecule has 0 aliphatic heterocycles. The fourth-order valence-corrected chi connectivity index (χ4v) is 4.01. The molecule has 0 saturated carbocycles. The van der Waals surface area contributed by atoms with Crippen molar-refractivity contribution >= 4 is 22.8 Å². The standard InChI is InChI=1S/C25H23N7O2/c1-2-32-22-19(14-27-15-20(22)29-24(32)21-23(26)31-34-30-21)17-8-10-18(11-9-17)25(33)28-13-12-16-6-4-3-5-7-16/h3-11,14-15H,2,12-13H2,1H3,(H2,26,31)(H,28,33). The third kappa shape index (κ3) is 3.99. The molecule has 0 atom stereocenters. The Morgan fingerprint density at radius 2 is 1.85 bits per heavy atom. The number of nitrogens with two attached hydrogens (primary N) is 1. The van der Waals surface area contributed by atoms with Crippen LogP contribution in [0.15, 0.2) is 71.6 Å². The van der Waals surface area contributed by atoms with Gasteiger partial charge in [0.05, 0.1) is 11.7 Å². The predicted molar refractivity (Wildman–Crippen MR) is 129 cm³/mol. The molecule has 3 aromatic heterocycles. The van der Waals surface area contributed by atoms with Crippen LogP contribution in [0.25, 0.3) is 33.7 Å². The molecule has 9 heteroatoms. The highest BCUT2D eigenvalue weighted by atomic mass is 16.6. The molecule has 0 spiro atoms. The Kier molecular flexibility index (Phi) is 5.73. The van der Waals surface area contributed by atoms with Crippen LogP contribution >= 0.6 is 0 Å². The third-order valence-corrected chi connectivity index (χ3v) is 5.69. The Bertz CT molecular complexity index is 1440. The summed E-state index contributed by atoms with van der Waals surface area (Å²) in [6, 6.07) is 17.5. The van der Waals surface area contributed by atoms with Gasteiger partial charge in [-0.05, 0) is 46.9 Å². The average molecular weight is 454 g/mol. The Morgan fingerprint density at radius 3 is 2.56 bits per heavy atom. The van der Waals surface area contributed by atoms with Gasteiger partial charge in [-0.25, -0.2) is 9.61 Å². The summed E-state index contributed by atoms with van der Waals surface area (Å²) in [5.41, 5.74) is 11.5. The molecule has 0 radical (unpaired) electrons. The highest BCUT2D eigenvalue weighted by Gasteiger charge is 2.21. The SMILES string of the molecule is CCn1c(-c2nonc2N)nc2cncc(-c3ccc(C(=O)NCCc4ccccc4)cc3)c21. The minimum absolute atomic E-state index is 0.103. The van der Waals surface area contributed by atoms with Crippen LogP contribution in [-0.4, -0.2) is 37.3 Å². The first-order chi connectivity index (χ1) is 16.7. The second kappa shape index (κ2) is 9.14. The molecule has 0 aliphatic carbocycles. The molecular formula is C25H23N7O2. The van der Waals surface area contributed by atoms with E-state index in [1.54, 1.807) is 12.4 Å². The van der Waals surface area contributed by atoms with Crippen LogP contribution in [0.1, 0.15) is 22.8 Å². The number of nitrogens with one attached hydrogen (secondary N) is 1. The number of aryl methyl sites for hydroxylation is 1. The zero-order chi connectivity index (χ0) is 23.5. The van der Waals surface area contributed by atoms with E-state index in [2.05, 4.69) is 37.7 Å². The van der Waals surface area contributed by atoms with Gasteiger partial charge in [0, 0.05) is 30.4 Å². The third-order valence-electron chi connectivity index (χ3n) is 5.69. The van der Waals surface area contributed by atoms with E-state index in [9.17, 15) is 4.79 Å². The zero-order valence-corrected chi connectivity index (χ0v) is 18.6. The predicted octanol–water partition coefficient (Wildman–Crippen LogP) is 3.72. The molecule has 0 unspecified atom stereocenters. The number of nitrogens with zero attached hydrogens (tertiary/aromatic N) is 5. The monoisotopic (exact) mass is 453 g/mol. The van der Waals surface area contributed by atoms with Crippen molar-refractivity contribution in [3.8, 4) is 22.6 Å². The first-order valence-corrected chi connectivity index (χ1v) is 11.0. The van der Waals surface area contributed by atoms with E-state index in [4.69, 9.17) is 10.4 Å². The van der Waals surface area contributed by atoms with Crippen molar-refractivity contribution in [2.24, 2.45) is 0 Å². The molecule has 0 saturated heterocycles. The van der Waals surface area contributed by atoms with E-state index in [0.717, 1.165) is 23.1 Å². The summed E-state index contributed by atoms with van der Waals surface area (Å²) in [5, 5.41) is 10.6. The summed E-state index contributed by atoms with van der Waals surface area (Å²) in [6.07, 6.45) is 4.28. The van der Waals surface area contributed by atoms with Crippen molar-refractivity contribution in [3.63, 3.8) is 0 Å². The number of amides is 1. The number of nitrogen functional groups attached to an aromatic ring is 1. The van der Waals surface area contributed by atoms with Gasteiger partial charge in [-0.15, -0.1) is 0 Å². The Hall–Kier alpha value is -4.53. The number of rotatable bonds is 7. The van der Waals surface area contributed by atoms with Gasteiger partial charge in [0.25, 0.3) is 5.91 Å². The van der Waals surface area contributed by atoms with Crippen LogP contribution in [-0.2, 0) is 13.0 Å². The summed E-state index contributed by atoms with van der Waals surface area (Å²) in [4.78, 5) is 21.6. The van der Waals surface area contributed by atoms with Crippen LogP contribution in [0.5, 0.6) is 0 Å². The molecule has 34 heavy (non-hydrogen) atoms. The average Bonchev–Trinajstić information content (AvgIpc) is 3.47. The lowest BCUT2D eigenvalue weighted by Gasteiger charge is -2.10. The van der Waals surface area contributed by atoms with Crippen LogP contribution in [0.2, 0.25) is 0 Å². The Balaban J connectivity index is 1.40. The van der Waals surface area contributed by atoms with Crippen LogP contribution in [0, 0.1) is 0 Å². The molecule has 5 rings (SSSR count). The number of aromatic nitrogens is 5. The lowest BCUT2D eigenvalue weighted by molar-refractivity contribution is 0.0954. The van der Waals surface area contributed by atoms with Gasteiger partial charge in [0.2, 0.25) is 0 Å². The summed E-state index contributed by atoms with van der Waals surface area (Å²) in [5.74, 6) is 0.649. The topological polar surface area (TPSA) is 125 Å². The van der Waals surface area contributed by atoms with Crippen molar-refractivity contribution in [2.45, 2.75) is 19.9 Å². The van der Waals surface area contributed by atoms with E-state index in [1.807, 2.05) is 54.0 Å². The van der Waals surface area contributed by atoms with Gasteiger partial charge in [-0.2, -0.15) is 0 Å². The fourth-order valence-electron chi connectivity index (χ4n) is 4.01. The molecule has 170 valence electrons. The first-order valence-electron chi connectivity index (χ1n) is 11.0. The lowest BCUT2D eigenvalue weighted by atomic mass is 10.0. The van der Waals surface area contributed by atoms with Crippen LogP contribution in [0.3, 0.4) is 0 Å². The summed E-state index contributed by atoms with van der Waals surface area (Å²) >= 11 is 0. The van der Waals surface area contributed by atoms with Gasteiger partial charge in [0.1, 0.15) is 5.52 Å². The molecule has 5 aromatic rings. The molecule has 3 N–H and O–H groups in total. The summed E-state index contributed by atoms with van der Waals surface area (Å²) in [7, 11) is 0. The van der Waals surface area contributed by atoms with Crippen molar-refractivity contribution in [2.75, 3.05) is 12.3 Å². The van der Waals surface area contributed by atoms with Gasteiger partial charge in [0.15, 0.2) is 17.3 Å². The maximum absolute atomic E-state index is 12.6. The highest BCUT2D eigenvalue weighted by molar-refractivity contribution is 5.97. The highest BCUT2D eigenvalue weighted by Crippen LogP contribution is 2.32. The molecule has 0 aliphatic rings. The van der Waals surface area contributed by atoms with Gasteiger partial charge < -0.3 is 15.6 Å². The van der Waals surface area contributed by atoms with E-state index < -0.39 is 0 Å². The van der Waals surface area contributed by atoms with E-state index in [1.165, 1.54) is 5.56 Å². The fraction of sp³-hybridized carbons (Fsp3) is 0.160. The number of carbonyl (C=O) groups is 1. The van der Waals surface area contributed by atoms with Gasteiger partial charge in [-0.3, -0.25) is 9.78 Å². The largest absolute Gasteiger partial charge is 0.379 e. The molecule has 2 aromatic carbocycles. The summed E-state index contributed by atoms with van der Waals surface area (Å²) < 4.78 is 6.77. The zero-order valence-electron chi connectivity index (χ0n) is 18.6. The number of anilines is 1. The number of hydrogen-bond donors (Lipinski definition) is 2. The smallest absolute Gasteiger partial charge is 0.251 e. The normalized spacial score (nSPS) is 11.1. The maximum atomic E-state index is 12.6. The van der Waals surface area contributed by atoms with Crippen molar-refractivity contribution in [1.82, 2.24) is 30.2 Å². The minimum Gasteiger partial charge on any atom is -0.379 e. The van der Waals surface area contributed by atoms with Crippen LogP contribution < -0.4 is 11.1 Å². The van der Waals surface area contributed by atoms with Crippen molar-refractivity contribution in [3.05, 3.63) is 78.1 Å². The summed E-state index contributed by atoms with van der Waals surface area (Å²) in [6.45, 7) is 3.23. The number of benzene rings is 2. The van der Waals surface area contributed by atoms with E-state index >= 15 is 0 Å². The number of fused-ring (bicyclic) bond motifs is 1. The molecular weight excluding hydrogens is 430 g/mol. The van der Waals surface area contributed by atoms with Gasteiger partial charge in [-0.1, -0.05) is 42.5 Å². The maximum Gasteiger partial charge on any atom is 0.251 e. The molecule has 0 bridgehead atoms. The Labute approximate surface area is 195 Å². The van der Waals surface area contributed by atoms with E-state index in [-0.39, 0.29) is 11.7 Å². The van der Waals surface area contributed by atoms with Crippen LogP contribution in [0.4, 0.5) is 5.82 Å². The number of hydrogen-bond acceptors (Lipinski definition) is 7. The molecule has 9 nitrogen and oxygen atoms in total. The number of imidazole rings is 1. The second-order valence-corrected chi connectivity index (χ2v) is 7.80.